The van der Waals surface area contributed by atoms with Crippen LogP contribution < -0.4 is 19.5 Å². The summed E-state index contributed by atoms with van der Waals surface area (Å²) < 4.78 is 16.1. The summed E-state index contributed by atoms with van der Waals surface area (Å²) >= 11 is 0. The number of fused-ring (bicyclic) bond motifs is 1. The molecule has 1 aliphatic carbocycles. The molecule has 3 aromatic rings. The number of hydrogen-bond acceptors (Lipinski definition) is 7. The number of aryl methyl sites for hydroxylation is 1. The van der Waals surface area contributed by atoms with Crippen LogP contribution in [-0.2, 0) is 6.42 Å². The molecule has 4 rings (SSSR count). The average molecular weight is 420 g/mol. The molecule has 1 aromatic carbocycles. The predicted molar refractivity (Wildman–Crippen MR) is 115 cm³/mol. The lowest BCUT2D eigenvalue weighted by molar-refractivity contribution is 0.0931. The molecular weight excluding hydrogens is 396 g/mol. The highest BCUT2D eigenvalue weighted by atomic mass is 16.5. The molecule has 8 nitrogen and oxygen atoms in total. The molecule has 1 unspecified atom stereocenters. The number of ether oxygens (including phenoxy) is 3. The molecular formula is C23H24N4O4. The third-order valence-corrected chi connectivity index (χ3v) is 5.35. The van der Waals surface area contributed by atoms with E-state index < -0.39 is 0 Å². The zero-order valence-corrected chi connectivity index (χ0v) is 17.7. The molecule has 0 saturated carbocycles. The summed E-state index contributed by atoms with van der Waals surface area (Å²) in [6.45, 7) is 0. The highest BCUT2D eigenvalue weighted by Gasteiger charge is 2.25. The molecule has 0 fully saturated rings. The second kappa shape index (κ2) is 8.99. The Morgan fingerprint density at radius 1 is 1.06 bits per heavy atom. The van der Waals surface area contributed by atoms with Crippen LogP contribution in [0.3, 0.4) is 0 Å². The second-order valence-electron chi connectivity index (χ2n) is 7.16. The van der Waals surface area contributed by atoms with Gasteiger partial charge in [-0.2, -0.15) is 0 Å². The quantitative estimate of drug-likeness (QED) is 0.653. The van der Waals surface area contributed by atoms with E-state index in [4.69, 9.17) is 19.2 Å². The Morgan fingerprint density at radius 2 is 1.77 bits per heavy atom. The van der Waals surface area contributed by atoms with Crippen molar-refractivity contribution in [3.63, 3.8) is 0 Å². The topological polar surface area (TPSA) is 95.5 Å². The molecule has 1 amide bonds. The van der Waals surface area contributed by atoms with Gasteiger partial charge in [-0.15, -0.1) is 0 Å². The van der Waals surface area contributed by atoms with E-state index in [2.05, 4.69) is 15.3 Å². The van der Waals surface area contributed by atoms with Gasteiger partial charge >= 0.3 is 0 Å². The Kier molecular flexibility index (Phi) is 5.97. The van der Waals surface area contributed by atoms with Crippen molar-refractivity contribution in [1.82, 2.24) is 20.3 Å². The maximum Gasteiger partial charge on any atom is 0.252 e. The number of aromatic nitrogens is 3. The fraction of sp³-hybridized carbons (Fsp3) is 0.304. The molecule has 0 bridgehead atoms. The monoisotopic (exact) mass is 420 g/mol. The van der Waals surface area contributed by atoms with Gasteiger partial charge in [-0.05, 0) is 43.5 Å². The lowest BCUT2D eigenvalue weighted by atomic mass is 9.92. The molecule has 0 aliphatic heterocycles. The number of methoxy groups -OCH3 is 3. The summed E-state index contributed by atoms with van der Waals surface area (Å²) in [4.78, 5) is 26.3. The fourth-order valence-electron chi connectivity index (χ4n) is 3.79. The van der Waals surface area contributed by atoms with Gasteiger partial charge in [0.05, 0.1) is 27.4 Å². The molecule has 31 heavy (non-hydrogen) atoms. The fourth-order valence-corrected chi connectivity index (χ4v) is 3.79. The normalized spacial score (nSPS) is 15.0. The predicted octanol–water partition coefficient (Wildman–Crippen LogP) is 3.37. The summed E-state index contributed by atoms with van der Waals surface area (Å²) in [7, 11) is 4.57. The highest BCUT2D eigenvalue weighted by Crippen LogP contribution is 2.38. The number of nitrogens with one attached hydrogen (secondary N) is 1. The van der Waals surface area contributed by atoms with Crippen LogP contribution in [0.2, 0.25) is 0 Å². The van der Waals surface area contributed by atoms with E-state index in [1.807, 2.05) is 18.3 Å². The highest BCUT2D eigenvalue weighted by molar-refractivity contribution is 5.96. The van der Waals surface area contributed by atoms with Crippen LogP contribution in [-0.4, -0.2) is 42.2 Å². The molecule has 2 aromatic heterocycles. The number of rotatable bonds is 6. The van der Waals surface area contributed by atoms with Crippen molar-refractivity contribution in [2.45, 2.75) is 25.3 Å². The van der Waals surface area contributed by atoms with E-state index in [9.17, 15) is 4.79 Å². The molecule has 1 aliphatic rings. The number of nitrogens with zero attached hydrogens (tertiary/aromatic N) is 3. The Balaban J connectivity index is 1.59. The maximum atomic E-state index is 13.0. The van der Waals surface area contributed by atoms with E-state index in [0.717, 1.165) is 36.1 Å². The molecule has 160 valence electrons. The van der Waals surface area contributed by atoms with Gasteiger partial charge in [-0.3, -0.25) is 9.78 Å². The smallest absolute Gasteiger partial charge is 0.252 e. The number of benzene rings is 1. The first kappa shape index (κ1) is 20.6. The first-order valence-electron chi connectivity index (χ1n) is 10.0. The minimum Gasteiger partial charge on any atom is -0.493 e. The van der Waals surface area contributed by atoms with Gasteiger partial charge in [0, 0.05) is 41.0 Å². The van der Waals surface area contributed by atoms with Crippen molar-refractivity contribution < 1.29 is 19.0 Å². The minimum absolute atomic E-state index is 0.165. The minimum atomic E-state index is -0.227. The van der Waals surface area contributed by atoms with Crippen LogP contribution in [0.15, 0.2) is 42.9 Å². The number of hydrogen-bond donors (Lipinski definition) is 1. The third-order valence-electron chi connectivity index (χ3n) is 5.35. The first-order valence-corrected chi connectivity index (χ1v) is 10.0. The van der Waals surface area contributed by atoms with Gasteiger partial charge in [0.15, 0.2) is 17.3 Å². The molecule has 1 atom stereocenters. The zero-order chi connectivity index (χ0) is 21.8. The number of carbonyl (C=O) groups is 1. The van der Waals surface area contributed by atoms with E-state index >= 15 is 0 Å². The molecule has 0 saturated heterocycles. The molecule has 0 radical (unpaired) electrons. The van der Waals surface area contributed by atoms with Gasteiger partial charge in [-0.1, -0.05) is 0 Å². The van der Waals surface area contributed by atoms with Crippen molar-refractivity contribution in [3.8, 4) is 28.6 Å². The average Bonchev–Trinajstić information content (AvgIpc) is 2.83. The molecule has 1 N–H and O–H groups in total. The van der Waals surface area contributed by atoms with Crippen LogP contribution >= 0.6 is 0 Å². The van der Waals surface area contributed by atoms with E-state index in [1.165, 1.54) is 21.3 Å². The van der Waals surface area contributed by atoms with Crippen molar-refractivity contribution in [3.05, 3.63) is 59.7 Å². The largest absolute Gasteiger partial charge is 0.493 e. The third kappa shape index (κ3) is 4.14. The van der Waals surface area contributed by atoms with Crippen LogP contribution in [0, 0.1) is 0 Å². The van der Waals surface area contributed by atoms with Crippen LogP contribution in [0.5, 0.6) is 17.2 Å². The van der Waals surface area contributed by atoms with Gasteiger partial charge in [0.2, 0.25) is 5.75 Å². The number of amides is 1. The van der Waals surface area contributed by atoms with Crippen LogP contribution in [0.1, 0.15) is 40.5 Å². The Labute approximate surface area is 180 Å². The van der Waals surface area contributed by atoms with E-state index in [1.54, 1.807) is 24.5 Å². The van der Waals surface area contributed by atoms with Gasteiger partial charge in [0.25, 0.3) is 5.91 Å². The summed E-state index contributed by atoms with van der Waals surface area (Å²) in [5, 5.41) is 3.11. The van der Waals surface area contributed by atoms with Crippen molar-refractivity contribution >= 4 is 5.91 Å². The zero-order valence-electron chi connectivity index (χ0n) is 17.7. The summed E-state index contributed by atoms with van der Waals surface area (Å²) in [5.41, 5.74) is 3.26. The maximum absolute atomic E-state index is 13.0. The Bertz CT molecular complexity index is 1060. The van der Waals surface area contributed by atoms with Crippen molar-refractivity contribution in [1.29, 1.82) is 0 Å². The standard InChI is InChI=1S/C23H24N4O4/c1-29-19-11-15(12-20(30-2)21(19)31-3)23(28)27-18-6-4-5-17-16(18)13-25-22(26-17)14-7-9-24-10-8-14/h7-13,18H,4-6H2,1-3H3,(H,27,28). The molecule has 2 heterocycles. The summed E-state index contributed by atoms with van der Waals surface area (Å²) in [5.74, 6) is 1.75. The Morgan fingerprint density at radius 3 is 2.42 bits per heavy atom. The van der Waals surface area contributed by atoms with Gasteiger partial charge in [0.1, 0.15) is 0 Å². The lowest BCUT2D eigenvalue weighted by Crippen LogP contribution is -2.31. The van der Waals surface area contributed by atoms with Crippen molar-refractivity contribution in [2.75, 3.05) is 21.3 Å². The van der Waals surface area contributed by atoms with Crippen molar-refractivity contribution in [2.24, 2.45) is 0 Å². The SMILES string of the molecule is COc1cc(C(=O)NC2CCCc3nc(-c4ccncc4)ncc32)cc(OC)c1OC. The number of pyridine rings is 1. The second-order valence-corrected chi connectivity index (χ2v) is 7.16. The lowest BCUT2D eigenvalue weighted by Gasteiger charge is -2.26. The first-order chi connectivity index (χ1) is 15.1. The Hall–Kier alpha value is -3.68. The molecule has 0 spiro atoms. The summed E-state index contributed by atoms with van der Waals surface area (Å²) in [6.07, 6.45) is 7.86. The van der Waals surface area contributed by atoms with Crippen LogP contribution in [0.25, 0.3) is 11.4 Å². The van der Waals surface area contributed by atoms with Crippen LogP contribution in [0.4, 0.5) is 0 Å². The van der Waals surface area contributed by atoms with E-state index in [0.29, 0.717) is 28.6 Å². The molecule has 8 heteroatoms. The summed E-state index contributed by atoms with van der Waals surface area (Å²) in [6, 6.07) is 6.89. The number of carbonyl (C=O) groups excluding carboxylic acids is 1. The van der Waals surface area contributed by atoms with Gasteiger partial charge in [-0.25, -0.2) is 9.97 Å². The van der Waals surface area contributed by atoms with E-state index in [-0.39, 0.29) is 11.9 Å². The van der Waals surface area contributed by atoms with Gasteiger partial charge < -0.3 is 19.5 Å².